The molecule has 0 radical (unpaired) electrons. The van der Waals surface area contributed by atoms with Crippen LogP contribution in [0.15, 0.2) is 69.7 Å². The van der Waals surface area contributed by atoms with Crippen LogP contribution < -0.4 is 10.1 Å². The van der Waals surface area contributed by atoms with Crippen molar-refractivity contribution in [3.8, 4) is 5.75 Å². The Morgan fingerprint density at radius 1 is 1.16 bits per heavy atom. The van der Waals surface area contributed by atoms with E-state index >= 15 is 0 Å². The van der Waals surface area contributed by atoms with Crippen LogP contribution in [-0.2, 0) is 17.9 Å². The summed E-state index contributed by atoms with van der Waals surface area (Å²) in [5.41, 5.74) is 0. The Morgan fingerprint density at radius 3 is 2.72 bits per heavy atom. The van der Waals surface area contributed by atoms with E-state index in [0.717, 1.165) is 0 Å². The number of nitrogens with one attached hydrogen (secondary N) is 1. The number of nitrogens with zero attached hydrogens (tertiary/aromatic N) is 3. The molecule has 3 aromatic heterocycles. The summed E-state index contributed by atoms with van der Waals surface area (Å²) in [6.45, 7) is 0.538. The van der Waals surface area contributed by atoms with Crippen molar-refractivity contribution in [3.05, 3.63) is 81.7 Å². The number of hydrogen-bond donors (Lipinski definition) is 1. The molecule has 0 bridgehead atoms. The number of benzene rings is 1. The first kappa shape index (κ1) is 22.1. The quantitative estimate of drug-likeness (QED) is 0.351. The molecule has 0 spiro atoms. The van der Waals surface area contributed by atoms with E-state index in [0.29, 0.717) is 38.9 Å². The third-order valence-electron chi connectivity index (χ3n) is 4.20. The molecule has 32 heavy (non-hydrogen) atoms. The van der Waals surface area contributed by atoms with Gasteiger partial charge in [0.15, 0.2) is 11.0 Å². The maximum Gasteiger partial charge on any atom is 0.267 e. The lowest BCUT2D eigenvalue weighted by Gasteiger charge is -2.10. The summed E-state index contributed by atoms with van der Waals surface area (Å²) in [5.74, 6) is 1.08. The summed E-state index contributed by atoms with van der Waals surface area (Å²) in [6.07, 6.45) is 1.58. The lowest BCUT2D eigenvalue weighted by atomic mass is 10.3. The number of carbonyl (C=O) groups excluding carboxylic acids is 2. The standard InChI is InChI=1S/C21H17ClN4O4S2/c22-14-5-7-15(8-6-14)30-12-18-24-25-21(26(18)11-16-3-1-9-29-16)32-13-19(27)23-20(28)17-4-2-10-31-17/h1-10H,11-13H2,(H,23,27,28). The van der Waals surface area contributed by atoms with Crippen LogP contribution in [0.1, 0.15) is 21.3 Å². The van der Waals surface area contributed by atoms with Gasteiger partial charge in [0.2, 0.25) is 5.91 Å². The number of halogens is 1. The molecule has 164 valence electrons. The molecule has 11 heteroatoms. The van der Waals surface area contributed by atoms with E-state index in [4.69, 9.17) is 20.8 Å². The van der Waals surface area contributed by atoms with E-state index in [2.05, 4.69) is 15.5 Å². The summed E-state index contributed by atoms with van der Waals surface area (Å²) in [6, 6.07) is 14.0. The zero-order valence-corrected chi connectivity index (χ0v) is 19.0. The largest absolute Gasteiger partial charge is 0.486 e. The van der Waals surface area contributed by atoms with E-state index in [-0.39, 0.29) is 12.4 Å². The van der Waals surface area contributed by atoms with Gasteiger partial charge in [0, 0.05) is 5.02 Å². The van der Waals surface area contributed by atoms with Crippen molar-refractivity contribution in [2.24, 2.45) is 0 Å². The average Bonchev–Trinajstić information content (AvgIpc) is 3.55. The highest BCUT2D eigenvalue weighted by molar-refractivity contribution is 7.99. The van der Waals surface area contributed by atoms with E-state index in [1.165, 1.54) is 23.1 Å². The van der Waals surface area contributed by atoms with Gasteiger partial charge in [-0.25, -0.2) is 0 Å². The second-order valence-corrected chi connectivity index (χ2v) is 8.78. The van der Waals surface area contributed by atoms with Gasteiger partial charge in [-0.3, -0.25) is 19.5 Å². The van der Waals surface area contributed by atoms with Crippen LogP contribution in [0, 0.1) is 0 Å². The Kier molecular flexibility index (Phi) is 7.25. The van der Waals surface area contributed by atoms with Gasteiger partial charge >= 0.3 is 0 Å². The van der Waals surface area contributed by atoms with Crippen LogP contribution in [0.25, 0.3) is 0 Å². The smallest absolute Gasteiger partial charge is 0.267 e. The predicted octanol–water partition coefficient (Wildman–Crippen LogP) is 4.26. The van der Waals surface area contributed by atoms with Crippen molar-refractivity contribution in [2.75, 3.05) is 5.75 Å². The number of thiophene rings is 1. The molecular formula is C21H17ClN4O4S2. The van der Waals surface area contributed by atoms with E-state index in [9.17, 15) is 9.59 Å². The fourth-order valence-corrected chi connectivity index (χ4v) is 4.19. The lowest BCUT2D eigenvalue weighted by Crippen LogP contribution is -2.31. The zero-order valence-electron chi connectivity index (χ0n) is 16.6. The van der Waals surface area contributed by atoms with Crippen molar-refractivity contribution in [2.45, 2.75) is 18.3 Å². The summed E-state index contributed by atoms with van der Waals surface area (Å²) in [7, 11) is 0. The highest BCUT2D eigenvalue weighted by Gasteiger charge is 2.18. The highest BCUT2D eigenvalue weighted by Crippen LogP contribution is 2.21. The summed E-state index contributed by atoms with van der Waals surface area (Å²) in [4.78, 5) is 24.8. The van der Waals surface area contributed by atoms with Crippen LogP contribution in [0.5, 0.6) is 5.75 Å². The Bertz CT molecular complexity index is 1180. The molecule has 0 saturated heterocycles. The van der Waals surface area contributed by atoms with Crippen LogP contribution >= 0.6 is 34.7 Å². The Hall–Kier alpha value is -3.08. The average molecular weight is 489 g/mol. The topological polar surface area (TPSA) is 99.2 Å². The first-order chi connectivity index (χ1) is 15.6. The van der Waals surface area contributed by atoms with Crippen molar-refractivity contribution < 1.29 is 18.7 Å². The van der Waals surface area contributed by atoms with Gasteiger partial charge in [0.05, 0.1) is 23.4 Å². The second-order valence-electron chi connectivity index (χ2n) is 6.45. The number of hydrogen-bond acceptors (Lipinski definition) is 8. The maximum absolute atomic E-state index is 12.2. The Morgan fingerprint density at radius 2 is 2.00 bits per heavy atom. The summed E-state index contributed by atoms with van der Waals surface area (Å²) < 4.78 is 13.1. The van der Waals surface area contributed by atoms with E-state index < -0.39 is 11.8 Å². The van der Waals surface area contributed by atoms with Gasteiger partial charge in [-0.05, 0) is 47.8 Å². The van der Waals surface area contributed by atoms with Crippen LogP contribution in [-0.4, -0.2) is 32.3 Å². The maximum atomic E-state index is 12.2. The minimum absolute atomic E-state index is 0.00540. The molecule has 0 aliphatic carbocycles. The third-order valence-corrected chi connectivity index (χ3v) is 6.29. The fraction of sp³-hybridized carbons (Fsp3) is 0.143. The summed E-state index contributed by atoms with van der Waals surface area (Å²) >= 11 is 8.35. The number of thioether (sulfide) groups is 1. The normalized spacial score (nSPS) is 10.8. The monoisotopic (exact) mass is 488 g/mol. The molecule has 8 nitrogen and oxygen atoms in total. The van der Waals surface area contributed by atoms with Crippen LogP contribution in [0.2, 0.25) is 5.02 Å². The number of amides is 2. The van der Waals surface area contributed by atoms with Gasteiger partial charge in [-0.2, -0.15) is 0 Å². The molecule has 4 aromatic rings. The number of carbonyl (C=O) groups is 2. The summed E-state index contributed by atoms with van der Waals surface area (Å²) in [5, 5.41) is 13.7. The molecule has 0 fully saturated rings. The number of aromatic nitrogens is 3. The Balaban J connectivity index is 1.42. The fourth-order valence-electron chi connectivity index (χ4n) is 2.69. The van der Waals surface area contributed by atoms with E-state index in [1.54, 1.807) is 54.1 Å². The molecule has 1 N–H and O–H groups in total. The minimum atomic E-state index is -0.417. The van der Waals surface area contributed by atoms with Gasteiger partial charge < -0.3 is 9.15 Å². The molecule has 2 amide bonds. The number of rotatable bonds is 9. The number of furan rings is 1. The molecular weight excluding hydrogens is 472 g/mol. The van der Waals surface area contributed by atoms with Gasteiger partial charge in [-0.1, -0.05) is 29.4 Å². The third kappa shape index (κ3) is 5.78. The first-order valence-electron chi connectivity index (χ1n) is 9.42. The second kappa shape index (κ2) is 10.5. The van der Waals surface area contributed by atoms with Crippen LogP contribution in [0.3, 0.4) is 0 Å². The van der Waals surface area contributed by atoms with E-state index in [1.807, 2.05) is 10.6 Å². The first-order valence-corrected chi connectivity index (χ1v) is 11.7. The predicted molar refractivity (Wildman–Crippen MR) is 121 cm³/mol. The minimum Gasteiger partial charge on any atom is -0.486 e. The molecule has 4 rings (SSSR count). The molecule has 0 aliphatic heterocycles. The van der Waals surface area contributed by atoms with Crippen molar-refractivity contribution in [1.29, 1.82) is 0 Å². The molecule has 3 heterocycles. The molecule has 0 aliphatic rings. The molecule has 0 unspecified atom stereocenters. The van der Waals surface area contributed by atoms with Crippen molar-refractivity contribution in [3.63, 3.8) is 0 Å². The SMILES string of the molecule is O=C(CSc1nnc(COc2ccc(Cl)cc2)n1Cc1ccco1)NC(=O)c1cccs1. The zero-order chi connectivity index (χ0) is 22.3. The van der Waals surface area contributed by atoms with Gasteiger partial charge in [-0.15, -0.1) is 21.5 Å². The van der Waals surface area contributed by atoms with Gasteiger partial charge in [0.1, 0.15) is 18.1 Å². The highest BCUT2D eigenvalue weighted by atomic mass is 35.5. The number of ether oxygens (including phenoxy) is 1. The van der Waals surface area contributed by atoms with Gasteiger partial charge in [0.25, 0.3) is 5.91 Å². The van der Waals surface area contributed by atoms with Crippen molar-refractivity contribution in [1.82, 2.24) is 20.1 Å². The molecule has 1 aromatic carbocycles. The Labute approximate surface area is 196 Å². The van der Waals surface area contributed by atoms with Crippen LogP contribution in [0.4, 0.5) is 0 Å². The lowest BCUT2D eigenvalue weighted by molar-refractivity contribution is -0.117. The van der Waals surface area contributed by atoms with Crippen molar-refractivity contribution >= 4 is 46.5 Å². The molecule has 0 atom stereocenters. The number of imide groups is 1. The molecule has 0 saturated carbocycles.